The minimum Gasteiger partial charge on any atom is -0.508 e. The monoisotopic (exact) mass is 374 g/mol. The summed E-state index contributed by atoms with van der Waals surface area (Å²) < 4.78 is 0. The lowest BCUT2D eigenvalue weighted by molar-refractivity contribution is -0.125. The van der Waals surface area contributed by atoms with Crippen LogP contribution in [0.1, 0.15) is 41.9 Å². The molecule has 1 unspecified atom stereocenters. The number of ketones is 1. The van der Waals surface area contributed by atoms with E-state index in [2.05, 4.69) is 0 Å². The van der Waals surface area contributed by atoms with Crippen molar-refractivity contribution in [3.63, 3.8) is 0 Å². The van der Waals surface area contributed by atoms with Crippen LogP contribution in [0.3, 0.4) is 0 Å². The average molecular weight is 374 g/mol. The third kappa shape index (κ3) is 3.11. The van der Waals surface area contributed by atoms with Gasteiger partial charge in [-0.2, -0.15) is 0 Å². The molecule has 0 spiro atoms. The number of hydrogen-bond donors (Lipinski definition) is 3. The Balaban J connectivity index is 1.74. The number of hydrogen-bond acceptors (Lipinski definition) is 4. The zero-order valence-corrected chi connectivity index (χ0v) is 15.4. The van der Waals surface area contributed by atoms with Crippen molar-refractivity contribution in [2.45, 2.75) is 30.6 Å². The molecule has 0 aliphatic heterocycles. The Morgan fingerprint density at radius 2 is 1.11 bits per heavy atom. The fourth-order valence-corrected chi connectivity index (χ4v) is 4.33. The van der Waals surface area contributed by atoms with E-state index in [0.717, 1.165) is 23.1 Å². The van der Waals surface area contributed by atoms with Gasteiger partial charge in [0.05, 0.1) is 5.41 Å². The molecule has 1 aliphatic carbocycles. The van der Waals surface area contributed by atoms with Gasteiger partial charge < -0.3 is 15.3 Å². The highest BCUT2D eigenvalue weighted by molar-refractivity contribution is 5.95. The van der Waals surface area contributed by atoms with Crippen molar-refractivity contribution in [1.82, 2.24) is 0 Å². The number of phenols is 3. The maximum atomic E-state index is 13.6. The van der Waals surface area contributed by atoms with Gasteiger partial charge in [0.25, 0.3) is 0 Å². The predicted octanol–water partition coefficient (Wildman–Crippen LogP) is 4.63. The second-order valence-corrected chi connectivity index (χ2v) is 7.45. The van der Waals surface area contributed by atoms with Crippen LogP contribution in [0.25, 0.3) is 0 Å². The van der Waals surface area contributed by atoms with E-state index in [1.165, 1.54) is 0 Å². The van der Waals surface area contributed by atoms with Crippen molar-refractivity contribution < 1.29 is 20.1 Å². The Bertz CT molecular complexity index is 927. The molecule has 0 saturated heterocycles. The molecule has 1 atom stereocenters. The van der Waals surface area contributed by atoms with Crippen LogP contribution in [-0.4, -0.2) is 21.1 Å². The molecule has 4 heteroatoms. The Morgan fingerprint density at radius 1 is 0.679 bits per heavy atom. The molecule has 0 radical (unpaired) electrons. The standard InChI is InChI=1S/C24H22O4/c25-20-7-1-16(2-8-20)17-13-14-24(23(28)15-17,18-3-9-21(26)10-4-18)19-5-11-22(27)12-6-19/h1-12,17,25-27H,13-15H2. The highest BCUT2D eigenvalue weighted by Crippen LogP contribution is 2.47. The Morgan fingerprint density at radius 3 is 1.54 bits per heavy atom. The lowest BCUT2D eigenvalue weighted by Gasteiger charge is -2.40. The summed E-state index contributed by atoms with van der Waals surface area (Å²) in [5.41, 5.74) is 1.96. The molecule has 3 aromatic rings. The van der Waals surface area contributed by atoms with Crippen LogP contribution in [0.15, 0.2) is 72.8 Å². The van der Waals surface area contributed by atoms with Gasteiger partial charge in [-0.05, 0) is 71.8 Å². The molecule has 3 N–H and O–H groups in total. The maximum absolute atomic E-state index is 13.6. The first kappa shape index (κ1) is 18.1. The van der Waals surface area contributed by atoms with E-state index in [-0.39, 0.29) is 28.9 Å². The fraction of sp³-hybridized carbons (Fsp3) is 0.208. The third-order valence-corrected chi connectivity index (χ3v) is 5.86. The van der Waals surface area contributed by atoms with Gasteiger partial charge in [0.1, 0.15) is 23.0 Å². The lowest BCUT2D eigenvalue weighted by Crippen LogP contribution is -2.41. The van der Waals surface area contributed by atoms with E-state index in [0.29, 0.717) is 12.8 Å². The normalized spacial score (nSPS) is 18.7. The van der Waals surface area contributed by atoms with E-state index in [1.54, 1.807) is 60.7 Å². The highest BCUT2D eigenvalue weighted by atomic mass is 16.3. The van der Waals surface area contributed by atoms with Crippen molar-refractivity contribution in [3.05, 3.63) is 89.5 Å². The molecule has 0 aromatic heterocycles. The van der Waals surface area contributed by atoms with Crippen molar-refractivity contribution >= 4 is 5.78 Å². The topological polar surface area (TPSA) is 77.8 Å². The summed E-state index contributed by atoms with van der Waals surface area (Å²) in [5, 5.41) is 28.9. The molecule has 0 heterocycles. The second-order valence-electron chi connectivity index (χ2n) is 7.45. The first-order valence-electron chi connectivity index (χ1n) is 9.40. The first-order valence-corrected chi connectivity index (χ1v) is 9.40. The zero-order valence-electron chi connectivity index (χ0n) is 15.4. The molecule has 1 aliphatic rings. The van der Waals surface area contributed by atoms with Gasteiger partial charge in [-0.1, -0.05) is 36.4 Å². The second kappa shape index (κ2) is 7.04. The Hall–Kier alpha value is -3.27. The molecule has 4 rings (SSSR count). The summed E-state index contributed by atoms with van der Waals surface area (Å²) in [6.45, 7) is 0. The molecule has 0 amide bonds. The minimum absolute atomic E-state index is 0.107. The Labute approximate surface area is 163 Å². The molecule has 142 valence electrons. The van der Waals surface area contributed by atoms with Crippen LogP contribution in [0.5, 0.6) is 17.2 Å². The number of phenolic OH excluding ortho intramolecular Hbond substituents is 3. The maximum Gasteiger partial charge on any atom is 0.148 e. The SMILES string of the molecule is O=C1CC(c2ccc(O)cc2)CCC1(c1ccc(O)cc1)c1ccc(O)cc1. The zero-order chi connectivity index (χ0) is 19.7. The van der Waals surface area contributed by atoms with Crippen molar-refractivity contribution in [2.24, 2.45) is 0 Å². The molecule has 3 aromatic carbocycles. The molecule has 4 nitrogen and oxygen atoms in total. The van der Waals surface area contributed by atoms with E-state index in [1.807, 2.05) is 12.1 Å². The van der Waals surface area contributed by atoms with Crippen LogP contribution in [0.2, 0.25) is 0 Å². The third-order valence-electron chi connectivity index (χ3n) is 5.86. The van der Waals surface area contributed by atoms with Crippen molar-refractivity contribution in [3.8, 4) is 17.2 Å². The van der Waals surface area contributed by atoms with Gasteiger partial charge in [0.2, 0.25) is 0 Å². The number of carbonyl (C=O) groups excluding carboxylic acids is 1. The molecule has 28 heavy (non-hydrogen) atoms. The van der Waals surface area contributed by atoms with E-state index in [4.69, 9.17) is 0 Å². The number of carbonyl (C=O) groups is 1. The van der Waals surface area contributed by atoms with Gasteiger partial charge in [-0.25, -0.2) is 0 Å². The Kier molecular flexibility index (Phi) is 4.55. The molecular formula is C24H22O4. The highest BCUT2D eigenvalue weighted by Gasteiger charge is 2.45. The van der Waals surface area contributed by atoms with Crippen LogP contribution in [-0.2, 0) is 10.2 Å². The predicted molar refractivity (Wildman–Crippen MR) is 107 cm³/mol. The van der Waals surface area contributed by atoms with Gasteiger partial charge in [-0.3, -0.25) is 4.79 Å². The van der Waals surface area contributed by atoms with E-state index >= 15 is 0 Å². The molecule has 0 bridgehead atoms. The average Bonchev–Trinajstić information content (AvgIpc) is 2.70. The van der Waals surface area contributed by atoms with Gasteiger partial charge in [0, 0.05) is 6.42 Å². The smallest absolute Gasteiger partial charge is 0.148 e. The van der Waals surface area contributed by atoms with Crippen LogP contribution in [0.4, 0.5) is 0 Å². The van der Waals surface area contributed by atoms with Crippen LogP contribution < -0.4 is 0 Å². The largest absolute Gasteiger partial charge is 0.508 e. The quantitative estimate of drug-likeness (QED) is 0.625. The molecule has 1 fully saturated rings. The number of Topliss-reactive ketones (excluding diaryl/α,β-unsaturated/α-hetero) is 1. The van der Waals surface area contributed by atoms with Gasteiger partial charge in [0.15, 0.2) is 0 Å². The number of benzene rings is 3. The summed E-state index contributed by atoms with van der Waals surface area (Å²) in [4.78, 5) is 13.6. The summed E-state index contributed by atoms with van der Waals surface area (Å²) in [7, 11) is 0. The van der Waals surface area contributed by atoms with E-state index < -0.39 is 5.41 Å². The molecular weight excluding hydrogens is 352 g/mol. The van der Waals surface area contributed by atoms with Gasteiger partial charge >= 0.3 is 0 Å². The molecule has 1 saturated carbocycles. The lowest BCUT2D eigenvalue weighted by atomic mass is 9.61. The summed E-state index contributed by atoms with van der Waals surface area (Å²) in [6.07, 6.45) is 1.84. The number of aromatic hydroxyl groups is 3. The van der Waals surface area contributed by atoms with Gasteiger partial charge in [-0.15, -0.1) is 0 Å². The summed E-state index contributed by atoms with van der Waals surface area (Å²) >= 11 is 0. The summed E-state index contributed by atoms with van der Waals surface area (Å²) in [6, 6.07) is 20.7. The minimum atomic E-state index is -0.797. The first-order chi connectivity index (χ1) is 13.5. The fourth-order valence-electron chi connectivity index (χ4n) is 4.33. The van der Waals surface area contributed by atoms with Crippen molar-refractivity contribution in [1.29, 1.82) is 0 Å². The number of rotatable bonds is 3. The van der Waals surface area contributed by atoms with Crippen LogP contribution in [0, 0.1) is 0 Å². The van der Waals surface area contributed by atoms with Crippen LogP contribution >= 0.6 is 0 Å². The van der Waals surface area contributed by atoms with Crippen molar-refractivity contribution in [2.75, 3.05) is 0 Å². The van der Waals surface area contributed by atoms with E-state index in [9.17, 15) is 20.1 Å². The summed E-state index contributed by atoms with van der Waals surface area (Å²) in [5.74, 6) is 0.766.